The van der Waals surface area contributed by atoms with Crippen LogP contribution >= 0.6 is 11.6 Å². The quantitative estimate of drug-likeness (QED) is 0.742. The molecule has 2 heterocycles. The zero-order valence-electron chi connectivity index (χ0n) is 16.1. The lowest BCUT2D eigenvalue weighted by molar-refractivity contribution is 0.160. The maximum absolute atomic E-state index is 11.1. The van der Waals surface area contributed by atoms with E-state index in [1.807, 2.05) is 13.0 Å². The Hall–Kier alpha value is -2.28. The van der Waals surface area contributed by atoms with E-state index in [9.17, 15) is 4.79 Å². The van der Waals surface area contributed by atoms with Crippen molar-refractivity contribution in [2.24, 2.45) is 0 Å². The van der Waals surface area contributed by atoms with E-state index < -0.39 is 5.76 Å². The zero-order chi connectivity index (χ0) is 19.7. The summed E-state index contributed by atoms with van der Waals surface area (Å²) in [6, 6.07) is 0. The number of aryl methyl sites for hydroxylation is 1. The Morgan fingerprint density at radius 1 is 1.32 bits per heavy atom. The smallest absolute Gasteiger partial charge is 0.439 e. The van der Waals surface area contributed by atoms with E-state index in [0.717, 1.165) is 35.9 Å². The molecule has 2 aromatic heterocycles. The van der Waals surface area contributed by atoms with E-state index in [2.05, 4.69) is 26.6 Å². The van der Waals surface area contributed by atoms with Gasteiger partial charge in [-0.1, -0.05) is 37.4 Å². The molecule has 0 radical (unpaired) electrons. The molecule has 2 aromatic rings. The number of ether oxygens (including phenoxy) is 1. The van der Waals surface area contributed by atoms with Gasteiger partial charge in [0.25, 0.3) is 0 Å². The minimum Gasteiger partial charge on any atom is -0.490 e. The second-order valence-corrected chi connectivity index (χ2v) is 8.33. The van der Waals surface area contributed by atoms with Gasteiger partial charge >= 0.3 is 5.76 Å². The fourth-order valence-corrected chi connectivity index (χ4v) is 4.18. The van der Waals surface area contributed by atoms with Gasteiger partial charge in [0, 0.05) is 17.4 Å². The van der Waals surface area contributed by atoms with E-state index in [1.165, 1.54) is 19.3 Å². The number of allylic oxidation sites excluding steroid dienone is 4. The third-order valence-corrected chi connectivity index (χ3v) is 6.02. The van der Waals surface area contributed by atoms with E-state index in [4.69, 9.17) is 20.8 Å². The predicted molar refractivity (Wildman–Crippen MR) is 104 cm³/mol. The molecule has 4 rings (SSSR count). The molecular formula is C20H24ClN3O4. The van der Waals surface area contributed by atoms with Crippen LogP contribution < -0.4 is 5.76 Å². The Balaban J connectivity index is 1.44. The molecule has 1 saturated carbocycles. The summed E-state index contributed by atoms with van der Waals surface area (Å²) in [5.41, 5.74) is 1.60. The summed E-state index contributed by atoms with van der Waals surface area (Å²) in [4.78, 5) is 18.3. The van der Waals surface area contributed by atoms with Crippen molar-refractivity contribution < 1.29 is 13.7 Å². The minimum atomic E-state index is -0.603. The van der Waals surface area contributed by atoms with E-state index >= 15 is 0 Å². The van der Waals surface area contributed by atoms with Crippen LogP contribution in [0.3, 0.4) is 0 Å². The topological polar surface area (TPSA) is 94.2 Å². The molecule has 0 saturated heterocycles. The number of alkyl halides is 1. The molecule has 0 aliphatic heterocycles. The number of aromatic nitrogens is 3. The molecule has 1 atom stereocenters. The largest absolute Gasteiger partial charge is 0.490 e. The zero-order valence-corrected chi connectivity index (χ0v) is 16.8. The Kier molecular flexibility index (Phi) is 5.19. The van der Waals surface area contributed by atoms with Gasteiger partial charge < -0.3 is 9.15 Å². The van der Waals surface area contributed by atoms with Crippen molar-refractivity contribution in [2.45, 2.75) is 69.8 Å². The summed E-state index contributed by atoms with van der Waals surface area (Å²) >= 11 is 6.43. The molecule has 0 aromatic carbocycles. The summed E-state index contributed by atoms with van der Waals surface area (Å²) in [5.74, 6) is 2.07. The predicted octanol–water partition coefficient (Wildman–Crippen LogP) is 4.38. The van der Waals surface area contributed by atoms with Crippen LogP contribution in [0.1, 0.15) is 68.6 Å². The van der Waals surface area contributed by atoms with Crippen LogP contribution in [0.4, 0.5) is 0 Å². The molecule has 28 heavy (non-hydrogen) atoms. The van der Waals surface area contributed by atoms with Crippen molar-refractivity contribution in [2.75, 3.05) is 0 Å². The van der Waals surface area contributed by atoms with Gasteiger partial charge in [0.2, 0.25) is 5.89 Å². The van der Waals surface area contributed by atoms with Gasteiger partial charge in [-0.3, -0.25) is 9.51 Å². The molecule has 1 unspecified atom stereocenters. The summed E-state index contributed by atoms with van der Waals surface area (Å²) < 4.78 is 16.6. The summed E-state index contributed by atoms with van der Waals surface area (Å²) in [6.45, 7) is 4.51. The average molecular weight is 406 g/mol. The van der Waals surface area contributed by atoms with Crippen LogP contribution in [0.15, 0.2) is 31.6 Å². The molecule has 1 fully saturated rings. The van der Waals surface area contributed by atoms with Gasteiger partial charge in [-0.15, -0.1) is 11.6 Å². The summed E-state index contributed by atoms with van der Waals surface area (Å²) in [7, 11) is 0. The molecule has 2 aliphatic rings. The third-order valence-electron chi connectivity index (χ3n) is 5.64. The molecule has 2 aliphatic carbocycles. The molecule has 0 amide bonds. The molecular weight excluding hydrogens is 382 g/mol. The Bertz CT molecular complexity index is 962. The van der Waals surface area contributed by atoms with Crippen molar-refractivity contribution in [1.29, 1.82) is 0 Å². The minimum absolute atomic E-state index is 0.0265. The lowest BCUT2D eigenvalue weighted by Crippen LogP contribution is -2.25. The Morgan fingerprint density at radius 3 is 2.79 bits per heavy atom. The third kappa shape index (κ3) is 3.81. The Morgan fingerprint density at radius 2 is 2.11 bits per heavy atom. The van der Waals surface area contributed by atoms with Crippen molar-refractivity contribution in [3.63, 3.8) is 0 Å². The van der Waals surface area contributed by atoms with Crippen molar-refractivity contribution >= 4 is 17.2 Å². The second kappa shape index (κ2) is 7.62. The number of hydrogen-bond acceptors (Lipinski definition) is 6. The van der Waals surface area contributed by atoms with E-state index in [-0.39, 0.29) is 10.8 Å². The highest BCUT2D eigenvalue weighted by Crippen LogP contribution is 2.39. The van der Waals surface area contributed by atoms with Gasteiger partial charge in [-0.05, 0) is 25.8 Å². The first kappa shape index (κ1) is 19.1. The summed E-state index contributed by atoms with van der Waals surface area (Å²) in [6.07, 6.45) is 10.1. The number of aromatic amines is 1. The normalized spacial score (nSPS) is 21.9. The first-order valence-electron chi connectivity index (χ1n) is 9.65. The molecule has 0 bridgehead atoms. The molecule has 8 heteroatoms. The number of nitrogens with one attached hydrogen (secondary N) is 1. The van der Waals surface area contributed by atoms with Crippen molar-refractivity contribution in [3.8, 4) is 0 Å². The van der Waals surface area contributed by atoms with Crippen LogP contribution in [0.5, 0.6) is 0 Å². The Labute approximate surface area is 167 Å². The fraction of sp³-hybridized carbons (Fsp3) is 0.550. The average Bonchev–Trinajstić information content (AvgIpc) is 3.27. The molecule has 0 spiro atoms. The van der Waals surface area contributed by atoms with Gasteiger partial charge in [-0.2, -0.15) is 0 Å². The van der Waals surface area contributed by atoms with E-state index in [0.29, 0.717) is 24.4 Å². The van der Waals surface area contributed by atoms with Gasteiger partial charge in [0.1, 0.15) is 6.61 Å². The molecule has 7 nitrogen and oxygen atoms in total. The number of hydrogen-bond donors (Lipinski definition) is 1. The maximum Gasteiger partial charge on any atom is 0.439 e. The first-order valence-corrected chi connectivity index (χ1v) is 10.1. The highest BCUT2D eigenvalue weighted by Gasteiger charge is 2.34. The lowest BCUT2D eigenvalue weighted by atomic mass is 9.76. The van der Waals surface area contributed by atoms with Crippen LogP contribution in [0.25, 0.3) is 5.57 Å². The SMILES string of the molecule is Cc1nc(C2(C)CCCCC2)oc1COC1=CC=C(c2noc(=O)[nH]2)C(Cl)C1. The fourth-order valence-electron chi connectivity index (χ4n) is 3.85. The monoisotopic (exact) mass is 405 g/mol. The van der Waals surface area contributed by atoms with Crippen molar-refractivity contribution in [3.05, 3.63) is 51.6 Å². The highest BCUT2D eigenvalue weighted by molar-refractivity contribution is 6.26. The highest BCUT2D eigenvalue weighted by atomic mass is 35.5. The van der Waals surface area contributed by atoms with Crippen LogP contribution in [-0.4, -0.2) is 20.5 Å². The van der Waals surface area contributed by atoms with E-state index in [1.54, 1.807) is 6.08 Å². The second-order valence-electron chi connectivity index (χ2n) is 7.81. The molecule has 150 valence electrons. The number of rotatable bonds is 5. The van der Waals surface area contributed by atoms with Crippen molar-refractivity contribution in [1.82, 2.24) is 15.1 Å². The number of nitrogens with zero attached hydrogens (tertiary/aromatic N) is 2. The first-order chi connectivity index (χ1) is 13.4. The number of oxazole rings is 1. The van der Waals surface area contributed by atoms with Crippen LogP contribution in [0, 0.1) is 6.92 Å². The van der Waals surface area contributed by atoms with Crippen LogP contribution in [-0.2, 0) is 16.8 Å². The lowest BCUT2D eigenvalue weighted by Gasteiger charge is -2.30. The standard InChI is InChI=1S/C20H24ClN3O4/c1-12-16(27-18(22-12)20(2)8-4-3-5-9-20)11-26-13-6-7-14(15(21)10-13)17-23-19(25)28-24-17/h6-7,15H,3-5,8-11H2,1-2H3,(H,23,24,25). The summed E-state index contributed by atoms with van der Waals surface area (Å²) in [5, 5.41) is 3.32. The number of halogens is 1. The number of H-pyrrole nitrogens is 1. The van der Waals surface area contributed by atoms with Gasteiger partial charge in [0.05, 0.1) is 16.8 Å². The molecule has 1 N–H and O–H groups in total. The maximum atomic E-state index is 11.1. The van der Waals surface area contributed by atoms with Gasteiger partial charge in [0.15, 0.2) is 11.6 Å². The van der Waals surface area contributed by atoms with Crippen LogP contribution in [0.2, 0.25) is 0 Å². The van der Waals surface area contributed by atoms with Gasteiger partial charge in [-0.25, -0.2) is 9.78 Å².